The normalized spacial score (nSPS) is 12.0. The summed E-state index contributed by atoms with van der Waals surface area (Å²) in [5.74, 6) is -0.426. The Morgan fingerprint density at radius 1 is 0.960 bits per heavy atom. The molecule has 2 N–H and O–H groups in total. The van der Waals surface area contributed by atoms with Gasteiger partial charge in [-0.1, -0.05) is 42.5 Å². The van der Waals surface area contributed by atoms with Crippen LogP contribution < -0.4 is 5.73 Å². The number of carbonyl (C=O) groups is 2. The Morgan fingerprint density at radius 2 is 1.60 bits per heavy atom. The molecule has 5 heteroatoms. The van der Waals surface area contributed by atoms with Gasteiger partial charge in [-0.2, -0.15) is 0 Å². The summed E-state index contributed by atoms with van der Waals surface area (Å²) in [5.41, 5.74) is 7.77. The molecule has 2 rings (SSSR count). The molecule has 2 amide bonds. The number of rotatable bonds is 7. The molecule has 0 bridgehead atoms. The number of hydrogen-bond acceptors (Lipinski definition) is 3. The lowest BCUT2D eigenvalue weighted by atomic mass is 10.0. The number of likely N-dealkylation sites (N-methyl/N-ethyl adjacent to an activating group) is 2. The largest absolute Gasteiger partial charge is 0.366 e. The molecule has 0 unspecified atom stereocenters. The summed E-state index contributed by atoms with van der Waals surface area (Å²) in [6.45, 7) is 0.430. The van der Waals surface area contributed by atoms with E-state index in [2.05, 4.69) is 0 Å². The third-order valence-corrected chi connectivity index (χ3v) is 4.19. The van der Waals surface area contributed by atoms with Gasteiger partial charge in [0.25, 0.3) is 0 Å². The number of hydrogen-bond donors (Lipinski definition) is 1. The molecule has 0 radical (unpaired) electrons. The van der Waals surface area contributed by atoms with Crippen molar-refractivity contribution in [3.05, 3.63) is 71.3 Å². The molecule has 0 heterocycles. The number of benzene rings is 2. The molecule has 0 aliphatic carbocycles. The molecule has 0 saturated carbocycles. The van der Waals surface area contributed by atoms with Crippen molar-refractivity contribution >= 4 is 11.8 Å². The molecule has 2 aromatic carbocycles. The van der Waals surface area contributed by atoms with Crippen LogP contribution in [-0.4, -0.2) is 48.8 Å². The van der Waals surface area contributed by atoms with Crippen LogP contribution in [0.1, 0.15) is 21.5 Å². The molecule has 0 aromatic heterocycles. The van der Waals surface area contributed by atoms with Crippen LogP contribution in [0.15, 0.2) is 54.6 Å². The van der Waals surface area contributed by atoms with E-state index >= 15 is 0 Å². The summed E-state index contributed by atoms with van der Waals surface area (Å²) in [7, 11) is 5.60. The highest BCUT2D eigenvalue weighted by Gasteiger charge is 2.24. The Bertz CT molecular complexity index is 729. The highest BCUT2D eigenvalue weighted by molar-refractivity contribution is 5.92. The van der Waals surface area contributed by atoms with E-state index < -0.39 is 5.91 Å². The highest BCUT2D eigenvalue weighted by atomic mass is 16.2. The Balaban J connectivity index is 2.10. The van der Waals surface area contributed by atoms with Crippen molar-refractivity contribution in [1.82, 2.24) is 9.80 Å². The average Bonchev–Trinajstić information content (AvgIpc) is 2.60. The first-order valence-corrected chi connectivity index (χ1v) is 8.22. The van der Waals surface area contributed by atoms with E-state index in [0.717, 1.165) is 11.1 Å². The molecule has 0 aliphatic rings. The maximum Gasteiger partial charge on any atom is 0.248 e. The lowest BCUT2D eigenvalue weighted by molar-refractivity contribution is -0.135. The smallest absolute Gasteiger partial charge is 0.248 e. The topological polar surface area (TPSA) is 66.6 Å². The van der Waals surface area contributed by atoms with E-state index in [4.69, 9.17) is 5.73 Å². The van der Waals surface area contributed by atoms with Crippen LogP contribution >= 0.6 is 0 Å². The van der Waals surface area contributed by atoms with Crippen molar-refractivity contribution in [2.24, 2.45) is 5.73 Å². The lowest BCUT2D eigenvalue weighted by Crippen LogP contribution is -2.45. The summed E-state index contributed by atoms with van der Waals surface area (Å²) in [4.78, 5) is 27.8. The molecule has 25 heavy (non-hydrogen) atoms. The van der Waals surface area contributed by atoms with E-state index in [-0.39, 0.29) is 11.9 Å². The van der Waals surface area contributed by atoms with Crippen molar-refractivity contribution in [1.29, 1.82) is 0 Å². The molecule has 2 aromatic rings. The molecular weight excluding hydrogens is 314 g/mol. The minimum atomic E-state index is -0.467. The molecule has 5 nitrogen and oxygen atoms in total. The minimum absolute atomic E-state index is 0.0401. The van der Waals surface area contributed by atoms with Gasteiger partial charge < -0.3 is 10.6 Å². The summed E-state index contributed by atoms with van der Waals surface area (Å²) in [6, 6.07) is 16.8. The van der Waals surface area contributed by atoms with Crippen LogP contribution in [0.4, 0.5) is 0 Å². The maximum atomic E-state index is 12.9. The van der Waals surface area contributed by atoms with E-state index in [1.54, 1.807) is 30.1 Å². The number of nitrogens with two attached hydrogens (primary N) is 1. The van der Waals surface area contributed by atoms with Crippen LogP contribution in [0.3, 0.4) is 0 Å². The molecule has 132 valence electrons. The Labute approximate surface area is 149 Å². The monoisotopic (exact) mass is 339 g/mol. The molecule has 0 aliphatic heterocycles. The molecule has 0 spiro atoms. The van der Waals surface area contributed by atoms with Crippen molar-refractivity contribution in [3.63, 3.8) is 0 Å². The van der Waals surface area contributed by atoms with Gasteiger partial charge in [-0.05, 0) is 43.8 Å². The molecule has 0 fully saturated rings. The SMILES string of the molecule is CN(Cc1cccc(C(N)=O)c1)C(=O)[C@H](Cc1ccccc1)N(C)C. The Hall–Kier alpha value is -2.66. The van der Waals surface area contributed by atoms with Gasteiger partial charge in [0.2, 0.25) is 11.8 Å². The summed E-state index contributed by atoms with van der Waals surface area (Å²) >= 11 is 0. The first-order valence-electron chi connectivity index (χ1n) is 8.22. The van der Waals surface area contributed by atoms with E-state index in [0.29, 0.717) is 18.5 Å². The van der Waals surface area contributed by atoms with Crippen LogP contribution in [0.5, 0.6) is 0 Å². The molecule has 0 saturated heterocycles. The number of amides is 2. The Morgan fingerprint density at radius 3 is 2.20 bits per heavy atom. The van der Waals surface area contributed by atoms with Gasteiger partial charge in [0.1, 0.15) is 0 Å². The van der Waals surface area contributed by atoms with Gasteiger partial charge in [0.15, 0.2) is 0 Å². The van der Waals surface area contributed by atoms with Gasteiger partial charge in [-0.15, -0.1) is 0 Å². The van der Waals surface area contributed by atoms with Crippen molar-refractivity contribution in [2.45, 2.75) is 19.0 Å². The predicted octanol–water partition coefficient (Wildman–Crippen LogP) is 1.92. The zero-order valence-corrected chi connectivity index (χ0v) is 15.0. The predicted molar refractivity (Wildman–Crippen MR) is 99.1 cm³/mol. The van der Waals surface area contributed by atoms with Gasteiger partial charge >= 0.3 is 0 Å². The summed E-state index contributed by atoms with van der Waals surface area (Å²) in [5, 5.41) is 0. The minimum Gasteiger partial charge on any atom is -0.366 e. The third-order valence-electron chi connectivity index (χ3n) is 4.19. The first-order chi connectivity index (χ1) is 11.9. The molecule has 1 atom stereocenters. The second-order valence-corrected chi connectivity index (χ2v) is 6.43. The quantitative estimate of drug-likeness (QED) is 0.838. The number of nitrogens with zero attached hydrogens (tertiary/aromatic N) is 2. The van der Waals surface area contributed by atoms with Crippen molar-refractivity contribution in [3.8, 4) is 0 Å². The number of primary amides is 1. The van der Waals surface area contributed by atoms with Crippen LogP contribution in [0, 0.1) is 0 Å². The zero-order valence-electron chi connectivity index (χ0n) is 15.0. The van der Waals surface area contributed by atoms with Crippen LogP contribution in [0.2, 0.25) is 0 Å². The van der Waals surface area contributed by atoms with E-state index in [1.807, 2.05) is 55.4 Å². The van der Waals surface area contributed by atoms with Crippen LogP contribution in [0.25, 0.3) is 0 Å². The zero-order chi connectivity index (χ0) is 18.4. The fraction of sp³-hybridized carbons (Fsp3) is 0.300. The van der Waals surface area contributed by atoms with E-state index in [9.17, 15) is 9.59 Å². The van der Waals surface area contributed by atoms with Gasteiger partial charge in [0, 0.05) is 19.2 Å². The third kappa shape index (κ3) is 5.16. The fourth-order valence-electron chi connectivity index (χ4n) is 2.76. The molecular formula is C20H25N3O2. The summed E-state index contributed by atoms with van der Waals surface area (Å²) in [6.07, 6.45) is 0.651. The fourth-order valence-corrected chi connectivity index (χ4v) is 2.76. The van der Waals surface area contributed by atoms with Gasteiger partial charge in [-0.3, -0.25) is 14.5 Å². The second kappa shape index (κ2) is 8.44. The summed E-state index contributed by atoms with van der Waals surface area (Å²) < 4.78 is 0. The number of carbonyl (C=O) groups excluding carboxylic acids is 2. The van der Waals surface area contributed by atoms with Gasteiger partial charge in [-0.25, -0.2) is 0 Å². The van der Waals surface area contributed by atoms with Crippen molar-refractivity contribution < 1.29 is 9.59 Å². The highest BCUT2D eigenvalue weighted by Crippen LogP contribution is 2.12. The van der Waals surface area contributed by atoms with E-state index in [1.165, 1.54) is 0 Å². The standard InChI is InChI=1S/C20H25N3O2/c1-22(2)18(13-15-8-5-4-6-9-15)20(25)23(3)14-16-10-7-11-17(12-16)19(21)24/h4-12,18H,13-14H2,1-3H3,(H2,21,24)/t18-/m0/s1. The second-order valence-electron chi connectivity index (χ2n) is 6.43. The average molecular weight is 339 g/mol. The Kier molecular flexibility index (Phi) is 6.31. The van der Waals surface area contributed by atoms with Crippen molar-refractivity contribution in [2.75, 3.05) is 21.1 Å². The van der Waals surface area contributed by atoms with Gasteiger partial charge in [0.05, 0.1) is 6.04 Å². The first kappa shape index (κ1) is 18.7. The van der Waals surface area contributed by atoms with Crippen LogP contribution in [-0.2, 0) is 17.8 Å². The lowest BCUT2D eigenvalue weighted by Gasteiger charge is -2.28. The maximum absolute atomic E-state index is 12.9.